The van der Waals surface area contributed by atoms with Gasteiger partial charge in [-0.15, -0.1) is 0 Å². The molecule has 2 aromatic heterocycles. The van der Waals surface area contributed by atoms with Crippen molar-refractivity contribution in [2.24, 2.45) is 0 Å². The van der Waals surface area contributed by atoms with Crippen molar-refractivity contribution in [2.75, 3.05) is 6.54 Å². The molecule has 0 spiro atoms. The van der Waals surface area contributed by atoms with Gasteiger partial charge in [0.2, 0.25) is 0 Å². The van der Waals surface area contributed by atoms with Crippen molar-refractivity contribution in [3.05, 3.63) is 50.7 Å². The van der Waals surface area contributed by atoms with E-state index in [9.17, 15) is 9.59 Å². The number of nitrogens with one attached hydrogen (secondary N) is 1. The number of amides is 1. The Balaban J connectivity index is 1.80. The first-order valence-corrected chi connectivity index (χ1v) is 8.04. The Morgan fingerprint density at radius 2 is 2.22 bits per heavy atom. The summed E-state index contributed by atoms with van der Waals surface area (Å²) in [6.07, 6.45) is 3.34. The summed E-state index contributed by atoms with van der Waals surface area (Å²) in [5.74, 6) is -0.104. The van der Waals surface area contributed by atoms with E-state index in [0.29, 0.717) is 18.7 Å². The van der Waals surface area contributed by atoms with Crippen LogP contribution in [0.4, 0.5) is 0 Å². The number of rotatable bonds is 3. The molecule has 1 atom stereocenters. The van der Waals surface area contributed by atoms with E-state index in [-0.39, 0.29) is 22.5 Å². The largest absolute Gasteiger partial charge is 0.334 e. The zero-order chi connectivity index (χ0) is 16.6. The minimum atomic E-state index is -0.385. The van der Waals surface area contributed by atoms with Gasteiger partial charge in [-0.3, -0.25) is 14.3 Å². The van der Waals surface area contributed by atoms with Gasteiger partial charge in [-0.25, -0.2) is 0 Å². The lowest BCUT2D eigenvalue weighted by molar-refractivity contribution is 0.0720. The van der Waals surface area contributed by atoms with E-state index in [0.717, 1.165) is 24.2 Å². The van der Waals surface area contributed by atoms with E-state index >= 15 is 0 Å². The molecule has 6 nitrogen and oxygen atoms in total. The monoisotopic (exact) mass is 334 g/mol. The molecule has 0 aliphatic carbocycles. The molecule has 122 valence electrons. The molecule has 1 aliphatic rings. The van der Waals surface area contributed by atoms with Crippen LogP contribution in [0, 0.1) is 13.8 Å². The maximum absolute atomic E-state index is 12.7. The van der Waals surface area contributed by atoms with E-state index in [2.05, 4.69) is 10.1 Å². The summed E-state index contributed by atoms with van der Waals surface area (Å²) in [4.78, 5) is 28.4. The number of carbonyl (C=O) groups is 1. The predicted molar refractivity (Wildman–Crippen MR) is 87.8 cm³/mol. The van der Waals surface area contributed by atoms with E-state index < -0.39 is 0 Å². The molecule has 0 saturated carbocycles. The van der Waals surface area contributed by atoms with Crippen molar-refractivity contribution in [1.29, 1.82) is 0 Å². The van der Waals surface area contributed by atoms with Crippen LogP contribution in [0.25, 0.3) is 0 Å². The fourth-order valence-corrected chi connectivity index (χ4v) is 3.27. The quantitative estimate of drug-likeness (QED) is 0.934. The molecular weight excluding hydrogens is 316 g/mol. The normalized spacial score (nSPS) is 17.7. The second kappa shape index (κ2) is 6.20. The van der Waals surface area contributed by atoms with Crippen molar-refractivity contribution >= 4 is 17.5 Å². The molecule has 2 aromatic rings. The molecule has 23 heavy (non-hydrogen) atoms. The lowest BCUT2D eigenvalue weighted by atomic mass is 10.2. The van der Waals surface area contributed by atoms with Crippen LogP contribution in [-0.4, -0.2) is 38.2 Å². The molecular formula is C16H19ClN4O2. The number of likely N-dealkylation sites (tertiary alicyclic amines) is 1. The number of aryl methyl sites for hydroxylation is 2. The van der Waals surface area contributed by atoms with Gasteiger partial charge in [0, 0.05) is 18.4 Å². The lowest BCUT2D eigenvalue weighted by Crippen LogP contribution is -2.38. The van der Waals surface area contributed by atoms with Gasteiger partial charge >= 0.3 is 0 Å². The third kappa shape index (κ3) is 3.17. The van der Waals surface area contributed by atoms with Crippen molar-refractivity contribution in [3.63, 3.8) is 0 Å². The minimum absolute atomic E-state index is 0.0325. The van der Waals surface area contributed by atoms with Crippen LogP contribution in [0.1, 0.15) is 34.6 Å². The van der Waals surface area contributed by atoms with Gasteiger partial charge in [0.25, 0.3) is 11.5 Å². The van der Waals surface area contributed by atoms with Gasteiger partial charge in [0.1, 0.15) is 5.02 Å². The Kier molecular flexibility index (Phi) is 4.26. The maximum atomic E-state index is 12.7. The summed E-state index contributed by atoms with van der Waals surface area (Å²) in [6, 6.07) is 3.57. The Bertz CT molecular complexity index is 796. The van der Waals surface area contributed by atoms with Crippen LogP contribution in [0.15, 0.2) is 23.1 Å². The second-order valence-electron chi connectivity index (χ2n) is 5.97. The fraction of sp³-hybridized carbons (Fsp3) is 0.438. The first-order chi connectivity index (χ1) is 11.0. The average Bonchev–Trinajstić information content (AvgIpc) is 3.08. The van der Waals surface area contributed by atoms with Crippen LogP contribution in [0.2, 0.25) is 5.02 Å². The molecule has 1 amide bonds. The number of aromatic nitrogens is 3. The third-order valence-electron chi connectivity index (χ3n) is 4.23. The van der Waals surface area contributed by atoms with Crippen LogP contribution in [0.5, 0.6) is 0 Å². The van der Waals surface area contributed by atoms with Gasteiger partial charge in [0.15, 0.2) is 0 Å². The minimum Gasteiger partial charge on any atom is -0.334 e. The number of H-pyrrole nitrogens is 1. The zero-order valence-corrected chi connectivity index (χ0v) is 13.9. The highest BCUT2D eigenvalue weighted by molar-refractivity contribution is 6.30. The summed E-state index contributed by atoms with van der Waals surface area (Å²) >= 11 is 5.83. The standard InChI is InChI=1S/C16H19ClN4O2/c1-10-6-11(2)21(19-10)9-13-4-3-5-20(13)16(23)12-7-14(17)15(22)18-8-12/h6-8,13H,3-5,9H2,1-2H3,(H,18,22)/t13-/m0/s1. The third-order valence-corrected chi connectivity index (χ3v) is 4.51. The van der Waals surface area contributed by atoms with Crippen molar-refractivity contribution in [2.45, 2.75) is 39.3 Å². The molecule has 7 heteroatoms. The molecule has 0 bridgehead atoms. The molecule has 0 unspecified atom stereocenters. The summed E-state index contributed by atoms with van der Waals surface area (Å²) < 4.78 is 1.95. The van der Waals surface area contributed by atoms with Crippen LogP contribution >= 0.6 is 11.6 Å². The summed E-state index contributed by atoms with van der Waals surface area (Å²) in [5.41, 5.74) is 2.10. The summed E-state index contributed by atoms with van der Waals surface area (Å²) in [7, 11) is 0. The highest BCUT2D eigenvalue weighted by Crippen LogP contribution is 2.22. The number of carbonyl (C=O) groups excluding carboxylic acids is 1. The number of hydrogen-bond donors (Lipinski definition) is 1. The van der Waals surface area contributed by atoms with Gasteiger partial charge < -0.3 is 9.88 Å². The average molecular weight is 335 g/mol. The fourth-order valence-electron chi connectivity index (χ4n) is 3.10. The SMILES string of the molecule is Cc1cc(C)n(C[C@@H]2CCCN2C(=O)c2c[nH]c(=O)c(Cl)c2)n1. The van der Waals surface area contributed by atoms with Gasteiger partial charge in [-0.05, 0) is 38.8 Å². The second-order valence-corrected chi connectivity index (χ2v) is 6.38. The van der Waals surface area contributed by atoms with Gasteiger partial charge in [-0.1, -0.05) is 11.6 Å². The van der Waals surface area contributed by atoms with E-state index in [1.165, 1.54) is 12.3 Å². The molecule has 0 aromatic carbocycles. The van der Waals surface area contributed by atoms with Crippen molar-refractivity contribution in [1.82, 2.24) is 19.7 Å². The van der Waals surface area contributed by atoms with Crippen molar-refractivity contribution in [3.8, 4) is 0 Å². The summed E-state index contributed by atoms with van der Waals surface area (Å²) in [6.45, 7) is 5.37. The molecule has 1 fully saturated rings. The lowest BCUT2D eigenvalue weighted by Gasteiger charge is -2.25. The summed E-state index contributed by atoms with van der Waals surface area (Å²) in [5, 5.41) is 4.51. The number of hydrogen-bond acceptors (Lipinski definition) is 3. The van der Waals surface area contributed by atoms with Gasteiger partial charge in [-0.2, -0.15) is 5.10 Å². The van der Waals surface area contributed by atoms with Crippen LogP contribution < -0.4 is 5.56 Å². The van der Waals surface area contributed by atoms with E-state index in [1.807, 2.05) is 29.5 Å². The molecule has 3 rings (SSSR count). The Morgan fingerprint density at radius 3 is 2.87 bits per heavy atom. The zero-order valence-electron chi connectivity index (χ0n) is 13.2. The van der Waals surface area contributed by atoms with Crippen molar-refractivity contribution < 1.29 is 4.79 Å². The molecule has 1 aliphatic heterocycles. The smallest absolute Gasteiger partial charge is 0.266 e. The number of nitrogens with zero attached hydrogens (tertiary/aromatic N) is 3. The van der Waals surface area contributed by atoms with E-state index in [4.69, 9.17) is 11.6 Å². The number of halogens is 1. The van der Waals surface area contributed by atoms with E-state index in [1.54, 1.807) is 0 Å². The predicted octanol–water partition coefficient (Wildman–Crippen LogP) is 2.15. The first-order valence-electron chi connectivity index (χ1n) is 7.66. The Morgan fingerprint density at radius 1 is 1.43 bits per heavy atom. The molecule has 0 radical (unpaired) electrons. The number of pyridine rings is 1. The highest BCUT2D eigenvalue weighted by atomic mass is 35.5. The topological polar surface area (TPSA) is 71.0 Å². The van der Waals surface area contributed by atoms with Gasteiger partial charge in [0.05, 0.1) is 23.8 Å². The first kappa shape index (κ1) is 15.8. The molecule has 1 saturated heterocycles. The highest BCUT2D eigenvalue weighted by Gasteiger charge is 2.30. The molecule has 1 N–H and O–H groups in total. The van der Waals surface area contributed by atoms with Crippen LogP contribution in [0.3, 0.4) is 0 Å². The van der Waals surface area contributed by atoms with Crippen LogP contribution in [-0.2, 0) is 6.54 Å². The Labute approximate surface area is 139 Å². The Hall–Kier alpha value is -2.08. The number of aromatic amines is 1. The maximum Gasteiger partial charge on any atom is 0.266 e. The molecule has 3 heterocycles.